The molecule has 4 aromatic rings. The molecule has 0 saturated heterocycles. The van der Waals surface area contributed by atoms with Crippen molar-refractivity contribution in [2.45, 2.75) is 23.1 Å². The van der Waals surface area contributed by atoms with Gasteiger partial charge >= 0.3 is 0 Å². The van der Waals surface area contributed by atoms with Gasteiger partial charge in [-0.3, -0.25) is 0 Å². The second kappa shape index (κ2) is 10.4. The Kier molecular flexibility index (Phi) is 7.12. The van der Waals surface area contributed by atoms with Crippen LogP contribution in [0, 0.1) is 0 Å². The highest BCUT2D eigenvalue weighted by atomic mass is 35.5. The van der Waals surface area contributed by atoms with E-state index in [0.29, 0.717) is 23.3 Å². The van der Waals surface area contributed by atoms with Gasteiger partial charge in [0.05, 0.1) is 13.7 Å². The Morgan fingerprint density at radius 1 is 0.968 bits per heavy atom. The van der Waals surface area contributed by atoms with Gasteiger partial charge in [0.1, 0.15) is 16.5 Å². The summed E-state index contributed by atoms with van der Waals surface area (Å²) in [5.74, 6) is 2.26. The smallest absolute Gasteiger partial charge is 0.262 e. The Hall–Kier alpha value is -2.96. The van der Waals surface area contributed by atoms with E-state index < -0.39 is 0 Å². The molecule has 0 aliphatic rings. The van der Waals surface area contributed by atoms with Crippen LogP contribution in [-0.4, -0.2) is 23.7 Å². The molecule has 0 bridgehead atoms. The van der Waals surface area contributed by atoms with Gasteiger partial charge in [-0.2, -0.15) is 0 Å². The fourth-order valence-corrected chi connectivity index (χ4v) is 3.87. The number of rotatable bonds is 9. The summed E-state index contributed by atoms with van der Waals surface area (Å²) in [7, 11) is 1.63. The van der Waals surface area contributed by atoms with Gasteiger partial charge in [0.2, 0.25) is 0 Å². The molecule has 0 amide bonds. The van der Waals surface area contributed by atoms with Crippen molar-refractivity contribution in [1.82, 2.24) is 9.97 Å². The molecular weight excluding hydrogens is 432 g/mol. The van der Waals surface area contributed by atoms with Crippen molar-refractivity contribution in [3.05, 3.63) is 83.7 Å². The lowest BCUT2D eigenvalue weighted by Gasteiger charge is -2.09. The highest BCUT2D eigenvalue weighted by molar-refractivity contribution is 7.99. The van der Waals surface area contributed by atoms with Crippen molar-refractivity contribution in [1.29, 1.82) is 0 Å². The monoisotopic (exact) mass is 452 g/mol. The van der Waals surface area contributed by atoms with E-state index in [1.165, 1.54) is 11.8 Å². The highest BCUT2D eigenvalue weighted by Gasteiger charge is 2.16. The predicted molar refractivity (Wildman–Crippen MR) is 122 cm³/mol. The van der Waals surface area contributed by atoms with E-state index in [-0.39, 0.29) is 0 Å². The van der Waals surface area contributed by atoms with Crippen molar-refractivity contribution >= 4 is 23.4 Å². The topological polar surface area (TPSA) is 57.4 Å². The average molecular weight is 453 g/mol. The van der Waals surface area contributed by atoms with E-state index >= 15 is 0 Å². The molecule has 0 atom stereocenters. The molecule has 5 nitrogen and oxygen atoms in total. The zero-order valence-corrected chi connectivity index (χ0v) is 18.5. The maximum atomic E-state index is 6.10. The van der Waals surface area contributed by atoms with Gasteiger partial charge in [-0.1, -0.05) is 41.9 Å². The number of pyridine rings is 1. The second-order valence-corrected chi connectivity index (χ2v) is 8.04. The molecule has 7 heteroatoms. The number of methoxy groups -OCH3 is 1. The Bertz CT molecular complexity index is 1120. The summed E-state index contributed by atoms with van der Waals surface area (Å²) in [5.41, 5.74) is 1.77. The number of oxazole rings is 1. The van der Waals surface area contributed by atoms with E-state index in [9.17, 15) is 0 Å². The first-order valence-electron chi connectivity index (χ1n) is 9.83. The summed E-state index contributed by atoms with van der Waals surface area (Å²) in [6.45, 7) is 0.532. The number of hydrogen-bond donors (Lipinski definition) is 0. The number of aryl methyl sites for hydroxylation is 1. The van der Waals surface area contributed by atoms with Gasteiger partial charge in [0.25, 0.3) is 5.22 Å². The molecule has 0 unspecified atom stereocenters. The fraction of sp³-hybridized carbons (Fsp3) is 0.167. The van der Waals surface area contributed by atoms with Gasteiger partial charge in [-0.05, 0) is 54.6 Å². The lowest BCUT2D eigenvalue weighted by Crippen LogP contribution is -2.01. The van der Waals surface area contributed by atoms with Crippen LogP contribution in [0.1, 0.15) is 12.2 Å². The summed E-state index contributed by atoms with van der Waals surface area (Å²) in [6.07, 6.45) is 3.20. The SMILES string of the molecule is COc1ccccc1OCCCc1oc(Sc2ccccn2)nc1-c1ccc(Cl)cc1. The van der Waals surface area contributed by atoms with Crippen LogP contribution in [0.15, 0.2) is 87.6 Å². The molecule has 0 radical (unpaired) electrons. The molecule has 0 aliphatic heterocycles. The molecule has 0 fully saturated rings. The van der Waals surface area contributed by atoms with Crippen LogP contribution in [0.3, 0.4) is 0 Å². The maximum Gasteiger partial charge on any atom is 0.262 e. The van der Waals surface area contributed by atoms with Crippen molar-refractivity contribution < 1.29 is 13.9 Å². The van der Waals surface area contributed by atoms with Crippen LogP contribution in [-0.2, 0) is 6.42 Å². The van der Waals surface area contributed by atoms with E-state index in [4.69, 9.17) is 30.5 Å². The van der Waals surface area contributed by atoms with Crippen LogP contribution in [0.5, 0.6) is 11.5 Å². The minimum absolute atomic E-state index is 0.532. The molecule has 2 aromatic heterocycles. The number of ether oxygens (including phenoxy) is 2. The summed E-state index contributed by atoms with van der Waals surface area (Å²) in [5, 5.41) is 2.07. The first kappa shape index (κ1) is 21.3. The first-order valence-corrected chi connectivity index (χ1v) is 11.0. The molecule has 31 heavy (non-hydrogen) atoms. The summed E-state index contributed by atoms with van der Waals surface area (Å²) >= 11 is 7.45. The fourth-order valence-electron chi connectivity index (χ4n) is 3.03. The minimum Gasteiger partial charge on any atom is -0.493 e. The molecule has 158 valence electrons. The predicted octanol–water partition coefficient (Wildman–Crippen LogP) is 6.56. The molecular formula is C24H21ClN2O3S. The number of halogens is 1. The zero-order valence-electron chi connectivity index (χ0n) is 17.0. The standard InChI is InChI=1S/C24H21ClN2O3S/c1-28-19-7-2-3-8-20(19)29-16-6-9-21-23(17-11-13-18(25)14-12-17)27-24(30-21)31-22-10-4-5-15-26-22/h2-5,7-8,10-15H,6,9,16H2,1H3. The molecule has 0 N–H and O–H groups in total. The summed E-state index contributed by atoms with van der Waals surface area (Å²) in [6, 6.07) is 21.0. The minimum atomic E-state index is 0.532. The molecule has 0 aliphatic carbocycles. The quantitative estimate of drug-likeness (QED) is 0.268. The number of aromatic nitrogens is 2. The van der Waals surface area contributed by atoms with E-state index in [1.54, 1.807) is 13.3 Å². The number of para-hydroxylation sites is 2. The maximum absolute atomic E-state index is 6.10. The molecule has 4 rings (SSSR count). The Morgan fingerprint density at radius 2 is 1.74 bits per heavy atom. The van der Waals surface area contributed by atoms with E-state index in [0.717, 1.165) is 40.0 Å². The van der Waals surface area contributed by atoms with Crippen molar-refractivity contribution in [2.24, 2.45) is 0 Å². The van der Waals surface area contributed by atoms with Crippen LogP contribution in [0.25, 0.3) is 11.3 Å². The third-order valence-corrected chi connectivity index (χ3v) is 5.55. The van der Waals surface area contributed by atoms with Gasteiger partial charge in [0, 0.05) is 23.2 Å². The summed E-state index contributed by atoms with van der Waals surface area (Å²) in [4.78, 5) is 9.06. The number of benzene rings is 2. The molecule has 0 saturated carbocycles. The summed E-state index contributed by atoms with van der Waals surface area (Å²) < 4.78 is 17.3. The highest BCUT2D eigenvalue weighted by Crippen LogP contribution is 2.33. The number of hydrogen-bond acceptors (Lipinski definition) is 6. The lowest BCUT2D eigenvalue weighted by molar-refractivity contribution is 0.284. The third-order valence-electron chi connectivity index (χ3n) is 4.50. The van der Waals surface area contributed by atoms with Gasteiger partial charge in [-0.15, -0.1) is 0 Å². The normalized spacial score (nSPS) is 10.8. The van der Waals surface area contributed by atoms with Gasteiger partial charge in [-0.25, -0.2) is 9.97 Å². The lowest BCUT2D eigenvalue weighted by atomic mass is 10.1. The van der Waals surface area contributed by atoms with Crippen LogP contribution in [0.2, 0.25) is 5.02 Å². The molecule has 0 spiro atoms. The van der Waals surface area contributed by atoms with E-state index in [1.807, 2.05) is 66.7 Å². The zero-order chi connectivity index (χ0) is 21.5. The van der Waals surface area contributed by atoms with Crippen LogP contribution in [0.4, 0.5) is 0 Å². The largest absolute Gasteiger partial charge is 0.493 e. The Labute approximate surface area is 190 Å². The van der Waals surface area contributed by atoms with Gasteiger partial charge < -0.3 is 13.9 Å². The first-order chi connectivity index (χ1) is 15.2. The number of nitrogens with zero attached hydrogens (tertiary/aromatic N) is 2. The van der Waals surface area contributed by atoms with E-state index in [2.05, 4.69) is 4.98 Å². The average Bonchev–Trinajstić information content (AvgIpc) is 3.20. The molecule has 2 heterocycles. The second-order valence-electron chi connectivity index (χ2n) is 6.63. The van der Waals surface area contributed by atoms with Crippen molar-refractivity contribution in [3.8, 4) is 22.8 Å². The molecule has 2 aromatic carbocycles. The van der Waals surface area contributed by atoms with Crippen LogP contribution >= 0.6 is 23.4 Å². The van der Waals surface area contributed by atoms with Gasteiger partial charge in [0.15, 0.2) is 11.5 Å². The third kappa shape index (κ3) is 5.60. The van der Waals surface area contributed by atoms with Crippen molar-refractivity contribution in [3.63, 3.8) is 0 Å². The Morgan fingerprint density at radius 3 is 2.48 bits per heavy atom. The van der Waals surface area contributed by atoms with Crippen molar-refractivity contribution in [2.75, 3.05) is 13.7 Å². The van der Waals surface area contributed by atoms with Crippen LogP contribution < -0.4 is 9.47 Å². The Balaban J connectivity index is 1.48.